The summed E-state index contributed by atoms with van der Waals surface area (Å²) in [5.41, 5.74) is 2.80. The molecule has 0 unspecified atom stereocenters. The summed E-state index contributed by atoms with van der Waals surface area (Å²) in [5.74, 6) is 0.673. The van der Waals surface area contributed by atoms with Crippen LogP contribution in [0.1, 0.15) is 11.5 Å². The lowest BCUT2D eigenvalue weighted by atomic mass is 10.1. The smallest absolute Gasteiger partial charge is 0.133 e. The summed E-state index contributed by atoms with van der Waals surface area (Å²) in [5, 5.41) is 0.465. The molecule has 0 atom stereocenters. The van der Waals surface area contributed by atoms with E-state index in [0.29, 0.717) is 11.0 Å². The topological polar surface area (TPSA) is 38.7 Å². The summed E-state index contributed by atoms with van der Waals surface area (Å²) >= 11 is 5.87. The van der Waals surface area contributed by atoms with Gasteiger partial charge >= 0.3 is 0 Å². The van der Waals surface area contributed by atoms with Gasteiger partial charge in [0.15, 0.2) is 0 Å². The molecule has 0 fully saturated rings. The van der Waals surface area contributed by atoms with Crippen LogP contribution in [0.25, 0.3) is 11.3 Å². The minimum absolute atomic E-state index is 0.465. The molecule has 0 aliphatic heterocycles. The van der Waals surface area contributed by atoms with E-state index in [9.17, 15) is 0 Å². The van der Waals surface area contributed by atoms with Crippen molar-refractivity contribution in [2.24, 2.45) is 0 Å². The highest BCUT2D eigenvalue weighted by atomic mass is 35.5. The van der Waals surface area contributed by atoms with Gasteiger partial charge in [0.05, 0.1) is 5.69 Å². The van der Waals surface area contributed by atoms with Crippen LogP contribution in [0.4, 0.5) is 0 Å². The van der Waals surface area contributed by atoms with Crippen LogP contribution in [0, 0.1) is 13.8 Å². The van der Waals surface area contributed by atoms with E-state index >= 15 is 0 Å². The van der Waals surface area contributed by atoms with Crippen molar-refractivity contribution in [1.29, 1.82) is 0 Å². The number of aromatic nitrogens is 3. The van der Waals surface area contributed by atoms with Gasteiger partial charge in [-0.1, -0.05) is 11.6 Å². The van der Waals surface area contributed by atoms with Gasteiger partial charge in [0.2, 0.25) is 0 Å². The molecule has 0 aliphatic rings. The fourth-order valence-electron chi connectivity index (χ4n) is 1.38. The zero-order chi connectivity index (χ0) is 10.8. The molecule has 0 N–H and O–H groups in total. The summed E-state index contributed by atoms with van der Waals surface area (Å²) in [6.07, 6.45) is 1.76. The first-order valence-corrected chi connectivity index (χ1v) is 4.97. The molecule has 2 aromatic heterocycles. The molecule has 0 saturated heterocycles. The normalized spacial score (nSPS) is 10.3. The zero-order valence-corrected chi connectivity index (χ0v) is 9.28. The summed E-state index contributed by atoms with van der Waals surface area (Å²) in [6, 6.07) is 5.63. The van der Waals surface area contributed by atoms with Gasteiger partial charge in [0.1, 0.15) is 11.0 Å². The predicted molar refractivity (Wildman–Crippen MR) is 59.7 cm³/mol. The molecule has 2 rings (SSSR count). The molecule has 0 aliphatic carbocycles. The maximum atomic E-state index is 5.87. The van der Waals surface area contributed by atoms with Crippen LogP contribution < -0.4 is 0 Å². The number of pyridine rings is 1. The second-order valence-electron chi connectivity index (χ2n) is 3.31. The molecule has 0 saturated carbocycles. The maximum Gasteiger partial charge on any atom is 0.133 e. The lowest BCUT2D eigenvalue weighted by molar-refractivity contribution is 1.06. The number of hydrogen-bond acceptors (Lipinski definition) is 3. The second kappa shape index (κ2) is 3.95. The first-order chi connectivity index (χ1) is 7.15. The number of hydrogen-bond donors (Lipinski definition) is 0. The van der Waals surface area contributed by atoms with Crippen LogP contribution in [0.2, 0.25) is 5.15 Å². The fraction of sp³-hybridized carbons (Fsp3) is 0.182. The van der Waals surface area contributed by atoms with Crippen molar-refractivity contribution in [1.82, 2.24) is 15.0 Å². The Balaban J connectivity index is 2.54. The molecule has 0 radical (unpaired) electrons. The van der Waals surface area contributed by atoms with Gasteiger partial charge in [0, 0.05) is 23.5 Å². The highest BCUT2D eigenvalue weighted by Crippen LogP contribution is 2.19. The quantitative estimate of drug-likeness (QED) is 0.693. The van der Waals surface area contributed by atoms with Crippen molar-refractivity contribution in [3.8, 4) is 11.3 Å². The molecule has 2 heterocycles. The molecule has 3 nitrogen and oxygen atoms in total. The zero-order valence-electron chi connectivity index (χ0n) is 8.53. The van der Waals surface area contributed by atoms with Crippen LogP contribution in [0.3, 0.4) is 0 Å². The lowest BCUT2D eigenvalue weighted by Gasteiger charge is -2.03. The third kappa shape index (κ3) is 2.30. The number of nitrogens with zero attached hydrogens (tertiary/aromatic N) is 3. The standard InChI is InChI=1S/C11H10ClN3/c1-7-5-9(3-4-13-7)10-6-11(12)15-8(2)14-10/h3-6H,1-2H3. The summed E-state index contributed by atoms with van der Waals surface area (Å²) in [4.78, 5) is 12.5. The van der Waals surface area contributed by atoms with Gasteiger partial charge in [-0.15, -0.1) is 0 Å². The number of rotatable bonds is 1. The second-order valence-corrected chi connectivity index (χ2v) is 3.70. The van der Waals surface area contributed by atoms with E-state index in [1.165, 1.54) is 0 Å². The van der Waals surface area contributed by atoms with E-state index in [1.807, 2.05) is 26.0 Å². The van der Waals surface area contributed by atoms with Crippen LogP contribution in [0.15, 0.2) is 24.4 Å². The molecule has 0 bridgehead atoms. The van der Waals surface area contributed by atoms with Gasteiger partial charge < -0.3 is 0 Å². The number of aryl methyl sites for hydroxylation is 2. The van der Waals surface area contributed by atoms with Gasteiger partial charge in [-0.3, -0.25) is 4.98 Å². The lowest BCUT2D eigenvalue weighted by Crippen LogP contribution is -1.92. The van der Waals surface area contributed by atoms with E-state index in [0.717, 1.165) is 17.0 Å². The molecule has 15 heavy (non-hydrogen) atoms. The van der Waals surface area contributed by atoms with Gasteiger partial charge in [-0.2, -0.15) is 0 Å². The van der Waals surface area contributed by atoms with Crippen LogP contribution in [-0.2, 0) is 0 Å². The molecular weight excluding hydrogens is 210 g/mol. The van der Waals surface area contributed by atoms with Gasteiger partial charge in [-0.25, -0.2) is 9.97 Å². The molecule has 2 aromatic rings. The van der Waals surface area contributed by atoms with Crippen molar-refractivity contribution in [2.45, 2.75) is 13.8 Å². The Morgan fingerprint density at radius 3 is 2.60 bits per heavy atom. The van der Waals surface area contributed by atoms with Crippen LogP contribution in [0.5, 0.6) is 0 Å². The first-order valence-electron chi connectivity index (χ1n) is 4.59. The minimum atomic E-state index is 0.465. The summed E-state index contributed by atoms with van der Waals surface area (Å²) < 4.78 is 0. The largest absolute Gasteiger partial charge is 0.262 e. The molecule has 0 aromatic carbocycles. The van der Waals surface area contributed by atoms with Crippen LogP contribution >= 0.6 is 11.6 Å². The predicted octanol–water partition coefficient (Wildman–Crippen LogP) is 2.81. The Hall–Kier alpha value is -1.48. The van der Waals surface area contributed by atoms with Crippen LogP contribution in [-0.4, -0.2) is 15.0 Å². The van der Waals surface area contributed by atoms with Crippen molar-refractivity contribution in [3.05, 3.63) is 41.1 Å². The number of halogens is 1. The summed E-state index contributed by atoms with van der Waals surface area (Å²) in [6.45, 7) is 3.77. The minimum Gasteiger partial charge on any atom is -0.262 e. The Morgan fingerprint density at radius 1 is 1.13 bits per heavy atom. The molecule has 0 spiro atoms. The van der Waals surface area contributed by atoms with E-state index in [-0.39, 0.29) is 0 Å². The Kier molecular flexibility index (Phi) is 2.64. The Morgan fingerprint density at radius 2 is 1.93 bits per heavy atom. The highest BCUT2D eigenvalue weighted by molar-refractivity contribution is 6.29. The fourth-order valence-corrected chi connectivity index (χ4v) is 1.61. The van der Waals surface area contributed by atoms with E-state index in [4.69, 9.17) is 11.6 Å². The first kappa shape index (κ1) is 10.1. The summed E-state index contributed by atoms with van der Waals surface area (Å²) in [7, 11) is 0. The Labute approximate surface area is 93.2 Å². The van der Waals surface area contributed by atoms with E-state index in [1.54, 1.807) is 12.3 Å². The molecule has 0 amide bonds. The van der Waals surface area contributed by atoms with Crippen molar-refractivity contribution in [3.63, 3.8) is 0 Å². The molecular formula is C11H10ClN3. The SMILES string of the molecule is Cc1cc(-c2cc(Cl)nc(C)n2)ccn1. The Bertz CT molecular complexity index is 477. The average Bonchev–Trinajstić information content (AvgIpc) is 2.16. The maximum absolute atomic E-state index is 5.87. The monoisotopic (exact) mass is 219 g/mol. The van der Waals surface area contributed by atoms with Crippen molar-refractivity contribution < 1.29 is 0 Å². The molecule has 76 valence electrons. The highest BCUT2D eigenvalue weighted by Gasteiger charge is 2.03. The third-order valence-electron chi connectivity index (χ3n) is 2.00. The average molecular weight is 220 g/mol. The van der Waals surface area contributed by atoms with E-state index in [2.05, 4.69) is 15.0 Å². The van der Waals surface area contributed by atoms with Gasteiger partial charge in [-0.05, 0) is 26.0 Å². The van der Waals surface area contributed by atoms with Crippen molar-refractivity contribution >= 4 is 11.6 Å². The molecule has 4 heteroatoms. The van der Waals surface area contributed by atoms with Gasteiger partial charge in [0.25, 0.3) is 0 Å². The van der Waals surface area contributed by atoms with E-state index < -0.39 is 0 Å². The van der Waals surface area contributed by atoms with Crippen molar-refractivity contribution in [2.75, 3.05) is 0 Å². The third-order valence-corrected chi connectivity index (χ3v) is 2.19.